The van der Waals surface area contributed by atoms with Crippen LogP contribution >= 0.6 is 15.9 Å². The minimum absolute atomic E-state index is 0.0906. The Hall–Kier alpha value is -0.630. The Balaban J connectivity index is 2.63. The second-order valence-electron chi connectivity index (χ2n) is 3.86. The molecule has 0 aliphatic carbocycles. The summed E-state index contributed by atoms with van der Waals surface area (Å²) in [5.74, 6) is 0. The number of sulfonamides is 1. The van der Waals surface area contributed by atoms with Crippen molar-refractivity contribution in [3.63, 3.8) is 0 Å². The predicted molar refractivity (Wildman–Crippen MR) is 74.7 cm³/mol. The largest absolute Gasteiger partial charge is 0.398 e. The molecule has 0 amide bonds. The van der Waals surface area contributed by atoms with Crippen LogP contribution in [0.1, 0.15) is 19.3 Å². The number of aliphatic hydroxyl groups excluding tert-OH is 1. The van der Waals surface area contributed by atoms with E-state index in [4.69, 9.17) is 10.8 Å². The van der Waals surface area contributed by atoms with Crippen LogP contribution in [0, 0.1) is 0 Å². The maximum atomic E-state index is 11.9. The van der Waals surface area contributed by atoms with Crippen molar-refractivity contribution in [3.8, 4) is 0 Å². The van der Waals surface area contributed by atoms with Gasteiger partial charge in [0.25, 0.3) is 0 Å². The lowest BCUT2D eigenvalue weighted by atomic mass is 10.2. The van der Waals surface area contributed by atoms with Crippen molar-refractivity contribution in [2.24, 2.45) is 0 Å². The molecule has 5 nitrogen and oxygen atoms in total. The van der Waals surface area contributed by atoms with Crippen LogP contribution in [0.2, 0.25) is 0 Å². The molecule has 4 N–H and O–H groups in total. The average molecular weight is 337 g/mol. The number of unbranched alkanes of at least 4 members (excludes halogenated alkanes) is 2. The monoisotopic (exact) mass is 336 g/mol. The Bertz CT molecular complexity index is 491. The molecule has 0 unspecified atom stereocenters. The topological polar surface area (TPSA) is 92.4 Å². The van der Waals surface area contributed by atoms with Crippen LogP contribution in [-0.2, 0) is 10.0 Å². The van der Waals surface area contributed by atoms with E-state index in [1.807, 2.05) is 0 Å². The maximum absolute atomic E-state index is 11.9. The van der Waals surface area contributed by atoms with Crippen molar-refractivity contribution in [1.29, 1.82) is 0 Å². The van der Waals surface area contributed by atoms with E-state index < -0.39 is 10.0 Å². The highest BCUT2D eigenvalue weighted by Crippen LogP contribution is 2.22. The number of halogens is 1. The van der Waals surface area contributed by atoms with Gasteiger partial charge in [-0.3, -0.25) is 0 Å². The lowest BCUT2D eigenvalue weighted by Gasteiger charge is -2.09. The molecule has 0 spiro atoms. The van der Waals surface area contributed by atoms with Gasteiger partial charge in [0.2, 0.25) is 10.0 Å². The fourth-order valence-corrected chi connectivity index (χ4v) is 3.03. The molecule has 0 atom stereocenters. The zero-order chi connectivity index (χ0) is 13.6. The Morgan fingerprint density at radius 1 is 1.28 bits per heavy atom. The van der Waals surface area contributed by atoms with E-state index in [9.17, 15) is 8.42 Å². The molecule has 0 radical (unpaired) electrons. The number of nitrogens with one attached hydrogen (secondary N) is 1. The zero-order valence-electron chi connectivity index (χ0n) is 9.89. The number of benzene rings is 1. The van der Waals surface area contributed by atoms with Crippen molar-refractivity contribution in [2.45, 2.75) is 24.2 Å². The number of anilines is 1. The molecule has 0 fully saturated rings. The third-order valence-corrected chi connectivity index (χ3v) is 4.42. The van der Waals surface area contributed by atoms with Gasteiger partial charge in [0.05, 0.1) is 5.69 Å². The van der Waals surface area contributed by atoms with Gasteiger partial charge < -0.3 is 10.8 Å². The molecule has 18 heavy (non-hydrogen) atoms. The van der Waals surface area contributed by atoms with Crippen LogP contribution in [0.5, 0.6) is 0 Å². The lowest BCUT2D eigenvalue weighted by Crippen LogP contribution is -2.25. The first-order valence-electron chi connectivity index (χ1n) is 5.63. The van der Waals surface area contributed by atoms with Crippen molar-refractivity contribution in [3.05, 3.63) is 22.7 Å². The summed E-state index contributed by atoms with van der Waals surface area (Å²) >= 11 is 3.23. The highest BCUT2D eigenvalue weighted by Gasteiger charge is 2.16. The second kappa shape index (κ2) is 7.08. The SMILES string of the molecule is Nc1cc(Br)ccc1S(=O)(=O)NCCCCCO. The standard InChI is InChI=1S/C11H17BrN2O3S/c12-9-4-5-11(10(13)8-9)18(16,17)14-6-2-1-3-7-15/h4-5,8,14-15H,1-3,6-7,13H2. The van der Waals surface area contributed by atoms with E-state index in [2.05, 4.69) is 20.7 Å². The lowest BCUT2D eigenvalue weighted by molar-refractivity contribution is 0.283. The van der Waals surface area contributed by atoms with Crippen LogP contribution in [0.4, 0.5) is 5.69 Å². The van der Waals surface area contributed by atoms with Crippen LogP contribution in [-0.4, -0.2) is 26.7 Å². The first kappa shape index (κ1) is 15.4. The Morgan fingerprint density at radius 2 is 2.00 bits per heavy atom. The highest BCUT2D eigenvalue weighted by atomic mass is 79.9. The van der Waals surface area contributed by atoms with Gasteiger partial charge in [-0.1, -0.05) is 15.9 Å². The van der Waals surface area contributed by atoms with Crippen molar-refractivity contribution < 1.29 is 13.5 Å². The van der Waals surface area contributed by atoms with Crippen LogP contribution < -0.4 is 10.5 Å². The number of rotatable bonds is 7. The van der Waals surface area contributed by atoms with E-state index in [-0.39, 0.29) is 17.2 Å². The van der Waals surface area contributed by atoms with Crippen molar-refractivity contribution in [1.82, 2.24) is 4.72 Å². The normalized spacial score (nSPS) is 11.7. The van der Waals surface area contributed by atoms with E-state index in [0.29, 0.717) is 19.4 Å². The van der Waals surface area contributed by atoms with Crippen LogP contribution in [0.25, 0.3) is 0 Å². The van der Waals surface area contributed by atoms with Gasteiger partial charge in [-0.15, -0.1) is 0 Å². The molecule has 0 aliphatic rings. The number of hydrogen-bond acceptors (Lipinski definition) is 4. The minimum Gasteiger partial charge on any atom is -0.398 e. The second-order valence-corrected chi connectivity index (χ2v) is 6.52. The predicted octanol–water partition coefficient (Wildman–Crippen LogP) is 1.47. The molecule has 0 bridgehead atoms. The molecule has 1 rings (SSSR count). The summed E-state index contributed by atoms with van der Waals surface area (Å²) < 4.78 is 27.1. The summed E-state index contributed by atoms with van der Waals surface area (Å²) in [6.07, 6.45) is 2.16. The Kier molecular flexibility index (Phi) is 6.07. The summed E-state index contributed by atoms with van der Waals surface area (Å²) in [4.78, 5) is 0.0906. The maximum Gasteiger partial charge on any atom is 0.242 e. The Labute approximate surface area is 116 Å². The molecule has 0 heterocycles. The van der Waals surface area contributed by atoms with E-state index >= 15 is 0 Å². The quantitative estimate of drug-likeness (QED) is 0.519. The number of nitrogens with two attached hydrogens (primary N) is 1. The van der Waals surface area contributed by atoms with Gasteiger partial charge in [0, 0.05) is 17.6 Å². The Morgan fingerprint density at radius 3 is 2.61 bits per heavy atom. The van der Waals surface area contributed by atoms with Gasteiger partial charge in [0.15, 0.2) is 0 Å². The summed E-state index contributed by atoms with van der Waals surface area (Å²) in [5, 5.41) is 8.61. The summed E-state index contributed by atoms with van der Waals surface area (Å²) in [5.41, 5.74) is 5.89. The molecule has 0 saturated heterocycles. The smallest absolute Gasteiger partial charge is 0.242 e. The van der Waals surface area contributed by atoms with Gasteiger partial charge in [-0.25, -0.2) is 13.1 Å². The molecule has 1 aromatic rings. The fourth-order valence-electron chi connectivity index (χ4n) is 1.46. The minimum atomic E-state index is -3.55. The zero-order valence-corrected chi connectivity index (χ0v) is 12.3. The first-order valence-corrected chi connectivity index (χ1v) is 7.90. The van der Waals surface area contributed by atoms with Crippen molar-refractivity contribution in [2.75, 3.05) is 18.9 Å². The first-order chi connectivity index (χ1) is 8.47. The van der Waals surface area contributed by atoms with E-state index in [1.165, 1.54) is 6.07 Å². The van der Waals surface area contributed by atoms with Gasteiger partial charge in [0.1, 0.15) is 4.90 Å². The number of nitrogen functional groups attached to an aromatic ring is 1. The highest BCUT2D eigenvalue weighted by molar-refractivity contribution is 9.10. The fraction of sp³-hybridized carbons (Fsp3) is 0.455. The summed E-state index contributed by atoms with van der Waals surface area (Å²) in [6.45, 7) is 0.476. The molecular weight excluding hydrogens is 320 g/mol. The summed E-state index contributed by atoms with van der Waals surface area (Å²) in [6, 6.07) is 4.66. The molecule has 102 valence electrons. The summed E-state index contributed by atoms with van der Waals surface area (Å²) in [7, 11) is -3.55. The molecule has 1 aromatic carbocycles. The molecular formula is C11H17BrN2O3S. The third kappa shape index (κ3) is 4.56. The molecule has 0 aromatic heterocycles. The number of hydrogen-bond donors (Lipinski definition) is 3. The van der Waals surface area contributed by atoms with Crippen LogP contribution in [0.15, 0.2) is 27.6 Å². The van der Waals surface area contributed by atoms with E-state index in [0.717, 1.165) is 10.9 Å². The van der Waals surface area contributed by atoms with E-state index in [1.54, 1.807) is 12.1 Å². The molecule has 0 saturated carbocycles. The van der Waals surface area contributed by atoms with Gasteiger partial charge >= 0.3 is 0 Å². The molecule has 7 heteroatoms. The van der Waals surface area contributed by atoms with Crippen molar-refractivity contribution >= 4 is 31.6 Å². The molecule has 0 aliphatic heterocycles. The average Bonchev–Trinajstić information content (AvgIpc) is 2.28. The van der Waals surface area contributed by atoms with Gasteiger partial charge in [-0.05, 0) is 37.5 Å². The van der Waals surface area contributed by atoms with Crippen LogP contribution in [0.3, 0.4) is 0 Å². The number of aliphatic hydroxyl groups is 1. The van der Waals surface area contributed by atoms with Gasteiger partial charge in [-0.2, -0.15) is 0 Å². The third-order valence-electron chi connectivity index (χ3n) is 2.39.